The van der Waals surface area contributed by atoms with Crippen LogP contribution in [0.1, 0.15) is 31.9 Å². The summed E-state index contributed by atoms with van der Waals surface area (Å²) in [6.07, 6.45) is 0. The van der Waals surface area contributed by atoms with Gasteiger partial charge in [-0.05, 0) is 42.2 Å². The third-order valence-electron chi connectivity index (χ3n) is 4.65. The first kappa shape index (κ1) is 25.9. The lowest BCUT2D eigenvalue weighted by atomic mass is 10.1. The van der Waals surface area contributed by atoms with E-state index in [1.54, 1.807) is 30.0 Å². The number of nitrogens with one attached hydrogen (secondary N) is 1. The summed E-state index contributed by atoms with van der Waals surface area (Å²) in [5, 5.41) is 4.56. The quantitative estimate of drug-likeness (QED) is 0.430. The maximum Gasteiger partial charge on any atom is 0.242 e. The first-order valence-corrected chi connectivity index (χ1v) is 12.3. The number of benzene rings is 2. The van der Waals surface area contributed by atoms with Crippen molar-refractivity contribution in [3.8, 4) is 0 Å². The zero-order valence-electron chi connectivity index (χ0n) is 17.8. The lowest BCUT2D eigenvalue weighted by Gasteiger charge is -2.29. The number of carbonyl (C=O) groups is 2. The summed E-state index contributed by atoms with van der Waals surface area (Å²) in [5.41, 5.74) is 1.70. The lowest BCUT2D eigenvalue weighted by Crippen LogP contribution is -2.48. The number of amides is 2. The van der Waals surface area contributed by atoms with Crippen molar-refractivity contribution in [3.63, 3.8) is 0 Å². The van der Waals surface area contributed by atoms with Crippen molar-refractivity contribution in [1.29, 1.82) is 0 Å². The maximum atomic E-state index is 13.1. The summed E-state index contributed by atoms with van der Waals surface area (Å²) in [7, 11) is 0. The Morgan fingerprint density at radius 2 is 1.71 bits per heavy atom. The molecule has 2 amide bonds. The maximum absolute atomic E-state index is 13.1. The SMILES string of the molecule is CC(C)CNC(=O)[C@H](C)N(Cc1ccc(Cl)cc1Cl)C(=O)CSCc1ccccc1Cl. The molecule has 0 saturated heterocycles. The van der Waals surface area contributed by atoms with Gasteiger partial charge < -0.3 is 10.2 Å². The third kappa shape index (κ3) is 8.23. The fourth-order valence-electron chi connectivity index (χ4n) is 2.82. The summed E-state index contributed by atoms with van der Waals surface area (Å²) in [4.78, 5) is 27.3. The van der Waals surface area contributed by atoms with Gasteiger partial charge >= 0.3 is 0 Å². The number of rotatable bonds is 10. The van der Waals surface area contributed by atoms with Crippen LogP contribution in [0.25, 0.3) is 0 Å². The molecule has 2 rings (SSSR count). The van der Waals surface area contributed by atoms with E-state index in [4.69, 9.17) is 34.8 Å². The highest BCUT2D eigenvalue weighted by molar-refractivity contribution is 7.99. The second-order valence-corrected chi connectivity index (χ2v) is 9.89. The molecule has 4 nitrogen and oxygen atoms in total. The van der Waals surface area contributed by atoms with Gasteiger partial charge in [0.15, 0.2) is 0 Å². The molecular formula is C23H27Cl3N2O2S. The van der Waals surface area contributed by atoms with Gasteiger partial charge in [-0.25, -0.2) is 0 Å². The molecule has 1 N–H and O–H groups in total. The Morgan fingerprint density at radius 1 is 1.00 bits per heavy atom. The highest BCUT2D eigenvalue weighted by atomic mass is 35.5. The average molecular weight is 502 g/mol. The van der Waals surface area contributed by atoms with Crippen LogP contribution in [-0.4, -0.2) is 35.1 Å². The Kier molecular flexibility index (Phi) is 10.5. The minimum absolute atomic E-state index is 0.143. The average Bonchev–Trinajstić information content (AvgIpc) is 2.72. The molecule has 0 saturated carbocycles. The molecule has 0 aliphatic rings. The van der Waals surface area contributed by atoms with Gasteiger partial charge in [-0.2, -0.15) is 0 Å². The summed E-state index contributed by atoms with van der Waals surface area (Å²) < 4.78 is 0. The molecule has 1 atom stereocenters. The van der Waals surface area contributed by atoms with Crippen LogP contribution in [0.15, 0.2) is 42.5 Å². The lowest BCUT2D eigenvalue weighted by molar-refractivity contribution is -0.138. The molecule has 0 aliphatic carbocycles. The van der Waals surface area contributed by atoms with Gasteiger partial charge in [-0.15, -0.1) is 11.8 Å². The van der Waals surface area contributed by atoms with E-state index in [1.807, 2.05) is 38.1 Å². The van der Waals surface area contributed by atoms with Crippen LogP contribution >= 0.6 is 46.6 Å². The van der Waals surface area contributed by atoms with Crippen molar-refractivity contribution < 1.29 is 9.59 Å². The van der Waals surface area contributed by atoms with E-state index in [-0.39, 0.29) is 24.1 Å². The molecule has 0 heterocycles. The highest BCUT2D eigenvalue weighted by Gasteiger charge is 2.26. The van der Waals surface area contributed by atoms with Crippen LogP contribution in [0.5, 0.6) is 0 Å². The zero-order valence-corrected chi connectivity index (χ0v) is 20.9. The number of carbonyl (C=O) groups excluding carboxylic acids is 2. The standard InChI is InChI=1S/C23H27Cl3N2O2S/c1-15(2)11-27-23(30)16(3)28(12-17-8-9-19(24)10-21(17)26)22(29)14-31-13-18-6-4-5-7-20(18)25/h4-10,15-16H,11-14H2,1-3H3,(H,27,30)/t16-/m0/s1. The normalized spacial score (nSPS) is 12.0. The van der Waals surface area contributed by atoms with E-state index in [1.165, 1.54) is 11.8 Å². The summed E-state index contributed by atoms with van der Waals surface area (Å²) in [5.74, 6) is 0.809. The fourth-order valence-corrected chi connectivity index (χ4v) is 4.48. The molecule has 0 spiro atoms. The van der Waals surface area contributed by atoms with Gasteiger partial charge in [0.1, 0.15) is 6.04 Å². The van der Waals surface area contributed by atoms with Crippen LogP contribution in [0, 0.1) is 5.92 Å². The highest BCUT2D eigenvalue weighted by Crippen LogP contribution is 2.25. The van der Waals surface area contributed by atoms with Crippen LogP contribution in [0.2, 0.25) is 15.1 Å². The van der Waals surface area contributed by atoms with Gasteiger partial charge in [0.2, 0.25) is 11.8 Å². The smallest absolute Gasteiger partial charge is 0.242 e. The predicted molar refractivity (Wildman–Crippen MR) is 132 cm³/mol. The van der Waals surface area contributed by atoms with Crippen molar-refractivity contribution >= 4 is 58.4 Å². The minimum atomic E-state index is -0.640. The van der Waals surface area contributed by atoms with Crippen molar-refractivity contribution in [2.24, 2.45) is 5.92 Å². The molecule has 0 bridgehead atoms. The molecule has 2 aromatic carbocycles. The van der Waals surface area contributed by atoms with Crippen molar-refractivity contribution in [2.45, 2.75) is 39.1 Å². The molecule has 0 radical (unpaired) electrons. The Hall–Kier alpha value is -1.40. The van der Waals surface area contributed by atoms with Gasteiger partial charge in [-0.1, -0.05) is 72.9 Å². The van der Waals surface area contributed by atoms with Gasteiger partial charge in [0.05, 0.1) is 5.75 Å². The third-order valence-corrected chi connectivity index (χ3v) is 6.57. The van der Waals surface area contributed by atoms with Crippen molar-refractivity contribution in [1.82, 2.24) is 10.2 Å². The van der Waals surface area contributed by atoms with Gasteiger partial charge in [0, 0.05) is 33.9 Å². The Bertz CT molecular complexity index is 908. The number of halogens is 3. The van der Waals surface area contributed by atoms with Crippen molar-refractivity contribution in [2.75, 3.05) is 12.3 Å². The van der Waals surface area contributed by atoms with E-state index in [0.29, 0.717) is 33.3 Å². The van der Waals surface area contributed by atoms with Crippen molar-refractivity contribution in [3.05, 3.63) is 68.7 Å². The minimum Gasteiger partial charge on any atom is -0.354 e. The summed E-state index contributed by atoms with van der Waals surface area (Å²) in [6, 6.07) is 12.1. The van der Waals surface area contributed by atoms with E-state index >= 15 is 0 Å². The number of hydrogen-bond acceptors (Lipinski definition) is 3. The number of hydrogen-bond donors (Lipinski definition) is 1. The van der Waals surface area contributed by atoms with Crippen LogP contribution in [0.4, 0.5) is 0 Å². The first-order valence-electron chi connectivity index (χ1n) is 10.0. The monoisotopic (exact) mass is 500 g/mol. The largest absolute Gasteiger partial charge is 0.354 e. The zero-order chi connectivity index (χ0) is 23.0. The Balaban J connectivity index is 2.12. The second kappa shape index (κ2) is 12.6. The Morgan fingerprint density at radius 3 is 2.35 bits per heavy atom. The molecule has 0 aliphatic heterocycles. The number of thioether (sulfide) groups is 1. The van der Waals surface area contributed by atoms with E-state index < -0.39 is 6.04 Å². The van der Waals surface area contributed by atoms with E-state index in [2.05, 4.69) is 5.32 Å². The molecular weight excluding hydrogens is 475 g/mol. The molecule has 0 fully saturated rings. The molecule has 8 heteroatoms. The summed E-state index contributed by atoms with van der Waals surface area (Å²) >= 11 is 20.0. The van der Waals surface area contributed by atoms with E-state index in [0.717, 1.165) is 11.1 Å². The van der Waals surface area contributed by atoms with Crippen LogP contribution in [0.3, 0.4) is 0 Å². The van der Waals surface area contributed by atoms with Gasteiger partial charge in [-0.3, -0.25) is 9.59 Å². The molecule has 0 unspecified atom stereocenters. The van der Waals surface area contributed by atoms with Crippen LogP contribution in [-0.2, 0) is 21.9 Å². The topological polar surface area (TPSA) is 49.4 Å². The molecule has 31 heavy (non-hydrogen) atoms. The fraction of sp³-hybridized carbons (Fsp3) is 0.391. The van der Waals surface area contributed by atoms with E-state index in [9.17, 15) is 9.59 Å². The Labute approximate surface area is 203 Å². The first-order chi connectivity index (χ1) is 14.7. The summed E-state index contributed by atoms with van der Waals surface area (Å²) in [6.45, 7) is 6.54. The predicted octanol–water partition coefficient (Wildman–Crippen LogP) is 6.07. The second-order valence-electron chi connectivity index (χ2n) is 7.66. The molecule has 168 valence electrons. The molecule has 2 aromatic rings. The van der Waals surface area contributed by atoms with Gasteiger partial charge in [0.25, 0.3) is 0 Å². The van der Waals surface area contributed by atoms with Crippen LogP contribution < -0.4 is 5.32 Å². The number of nitrogens with zero attached hydrogens (tertiary/aromatic N) is 1. The molecule has 0 aromatic heterocycles.